The molecule has 28 heavy (non-hydrogen) atoms. The fourth-order valence-corrected chi connectivity index (χ4v) is 3.82. The van der Waals surface area contributed by atoms with Crippen LogP contribution in [-0.4, -0.2) is 46.8 Å². The highest BCUT2D eigenvalue weighted by Crippen LogP contribution is 2.41. The van der Waals surface area contributed by atoms with Crippen molar-refractivity contribution in [2.24, 2.45) is 5.92 Å². The Balaban J connectivity index is 1.21. The van der Waals surface area contributed by atoms with Gasteiger partial charge in [0, 0.05) is 37.4 Å². The molecule has 2 aliphatic rings. The Bertz CT molecular complexity index is 806. The van der Waals surface area contributed by atoms with Gasteiger partial charge in [0.2, 0.25) is 5.95 Å². The maximum atomic E-state index is 13.0. The zero-order valence-corrected chi connectivity index (χ0v) is 15.5. The van der Waals surface area contributed by atoms with Crippen molar-refractivity contribution in [3.05, 3.63) is 53.6 Å². The molecular formula is C20H24FN5O2. The Morgan fingerprint density at radius 1 is 1.18 bits per heavy atom. The smallest absolute Gasteiger partial charge is 0.277 e. The van der Waals surface area contributed by atoms with Crippen LogP contribution in [0.3, 0.4) is 0 Å². The van der Waals surface area contributed by atoms with Crippen molar-refractivity contribution in [2.75, 3.05) is 24.5 Å². The highest BCUT2D eigenvalue weighted by molar-refractivity contribution is 5.92. The van der Waals surface area contributed by atoms with Crippen LogP contribution in [0, 0.1) is 11.7 Å². The molecule has 0 bridgehead atoms. The zero-order chi connectivity index (χ0) is 19.5. The number of aromatic nitrogens is 2. The van der Waals surface area contributed by atoms with Crippen molar-refractivity contribution < 1.29 is 14.4 Å². The third-order valence-electron chi connectivity index (χ3n) is 5.66. The van der Waals surface area contributed by atoms with E-state index in [4.69, 9.17) is 5.21 Å². The molecule has 0 spiro atoms. The van der Waals surface area contributed by atoms with Gasteiger partial charge in [-0.15, -0.1) is 0 Å². The maximum absolute atomic E-state index is 13.0. The van der Waals surface area contributed by atoms with Crippen LogP contribution >= 0.6 is 0 Å². The van der Waals surface area contributed by atoms with Gasteiger partial charge in [-0.05, 0) is 49.4 Å². The minimum absolute atomic E-state index is 0.184. The predicted octanol–water partition coefficient (Wildman–Crippen LogP) is 2.10. The van der Waals surface area contributed by atoms with Crippen LogP contribution in [0.5, 0.6) is 0 Å². The first-order valence-corrected chi connectivity index (χ1v) is 9.64. The zero-order valence-electron chi connectivity index (χ0n) is 15.5. The van der Waals surface area contributed by atoms with E-state index in [9.17, 15) is 9.18 Å². The van der Waals surface area contributed by atoms with Crippen molar-refractivity contribution in [3.8, 4) is 0 Å². The van der Waals surface area contributed by atoms with Crippen LogP contribution < -0.4 is 15.7 Å². The summed E-state index contributed by atoms with van der Waals surface area (Å²) in [7, 11) is 0. The SMILES string of the molecule is O=C(NO)c1cnc(N2CCC(CN[C@H]3C[C@@H]3c3ccc(F)cc3)CC2)nc1. The van der Waals surface area contributed by atoms with Crippen molar-refractivity contribution in [1.82, 2.24) is 20.8 Å². The number of piperidine rings is 1. The van der Waals surface area contributed by atoms with Gasteiger partial charge in [0.1, 0.15) is 5.82 Å². The number of anilines is 1. The van der Waals surface area contributed by atoms with Crippen LogP contribution in [0.4, 0.5) is 10.3 Å². The Kier molecular flexibility index (Phi) is 5.50. The second-order valence-corrected chi connectivity index (χ2v) is 7.55. The van der Waals surface area contributed by atoms with E-state index in [1.54, 1.807) is 5.48 Å². The Morgan fingerprint density at radius 3 is 2.50 bits per heavy atom. The largest absolute Gasteiger partial charge is 0.341 e. The molecule has 148 valence electrons. The van der Waals surface area contributed by atoms with E-state index < -0.39 is 5.91 Å². The van der Waals surface area contributed by atoms with Gasteiger partial charge in [0.15, 0.2) is 0 Å². The molecule has 0 radical (unpaired) electrons. The standard InChI is InChI=1S/C20H24FN5O2/c21-16-3-1-14(2-4-16)17-9-18(17)22-10-13-5-7-26(8-6-13)20-23-11-15(12-24-20)19(27)25-28/h1-4,11-13,17-18,22,28H,5-10H2,(H,25,27)/t17-,18+/m1/s1. The number of hydrogen-bond acceptors (Lipinski definition) is 6. The summed E-state index contributed by atoms with van der Waals surface area (Å²) in [6.07, 6.45) is 6.08. The number of halogens is 1. The van der Waals surface area contributed by atoms with E-state index in [0.29, 0.717) is 23.8 Å². The molecule has 2 atom stereocenters. The number of carbonyl (C=O) groups excluding carboxylic acids is 1. The third kappa shape index (κ3) is 4.28. The lowest BCUT2D eigenvalue weighted by atomic mass is 9.97. The van der Waals surface area contributed by atoms with Crippen molar-refractivity contribution in [3.63, 3.8) is 0 Å². The number of nitrogens with zero attached hydrogens (tertiary/aromatic N) is 3. The van der Waals surface area contributed by atoms with Crippen LogP contribution in [-0.2, 0) is 0 Å². The molecule has 7 nitrogen and oxygen atoms in total. The monoisotopic (exact) mass is 385 g/mol. The van der Waals surface area contributed by atoms with Gasteiger partial charge in [-0.25, -0.2) is 19.8 Å². The average molecular weight is 385 g/mol. The highest BCUT2D eigenvalue weighted by atomic mass is 19.1. The number of rotatable bonds is 6. The minimum Gasteiger partial charge on any atom is -0.341 e. The average Bonchev–Trinajstić information content (AvgIpc) is 3.52. The van der Waals surface area contributed by atoms with Gasteiger partial charge < -0.3 is 10.2 Å². The molecule has 1 aromatic heterocycles. The van der Waals surface area contributed by atoms with Crippen molar-refractivity contribution >= 4 is 11.9 Å². The summed E-state index contributed by atoms with van der Waals surface area (Å²) in [4.78, 5) is 21.9. The van der Waals surface area contributed by atoms with Gasteiger partial charge in [-0.2, -0.15) is 0 Å². The first-order valence-electron chi connectivity index (χ1n) is 9.64. The topological polar surface area (TPSA) is 90.4 Å². The second-order valence-electron chi connectivity index (χ2n) is 7.55. The lowest BCUT2D eigenvalue weighted by molar-refractivity contribution is 0.0705. The number of amides is 1. The first-order chi connectivity index (χ1) is 13.6. The quantitative estimate of drug-likeness (QED) is 0.521. The molecule has 1 saturated carbocycles. The summed E-state index contributed by atoms with van der Waals surface area (Å²) >= 11 is 0. The molecular weight excluding hydrogens is 361 g/mol. The van der Waals surface area contributed by atoms with Crippen molar-refractivity contribution in [1.29, 1.82) is 0 Å². The van der Waals surface area contributed by atoms with E-state index in [1.807, 2.05) is 12.1 Å². The van der Waals surface area contributed by atoms with E-state index in [-0.39, 0.29) is 11.4 Å². The molecule has 4 rings (SSSR count). The molecule has 0 unspecified atom stereocenters. The summed E-state index contributed by atoms with van der Waals surface area (Å²) in [6.45, 7) is 2.75. The summed E-state index contributed by atoms with van der Waals surface area (Å²) < 4.78 is 13.0. The second kappa shape index (κ2) is 8.20. The fourth-order valence-electron chi connectivity index (χ4n) is 3.82. The number of hydroxylamine groups is 1. The molecule has 1 aliphatic heterocycles. The maximum Gasteiger partial charge on any atom is 0.277 e. The van der Waals surface area contributed by atoms with Crippen LogP contribution in [0.25, 0.3) is 0 Å². The fraction of sp³-hybridized carbons (Fsp3) is 0.450. The van der Waals surface area contributed by atoms with Gasteiger partial charge in [0.25, 0.3) is 5.91 Å². The Hall–Kier alpha value is -2.58. The van der Waals surface area contributed by atoms with E-state index in [0.717, 1.165) is 38.9 Å². The Morgan fingerprint density at radius 2 is 1.86 bits per heavy atom. The van der Waals surface area contributed by atoms with E-state index >= 15 is 0 Å². The minimum atomic E-state index is -0.615. The van der Waals surface area contributed by atoms with Crippen molar-refractivity contribution in [2.45, 2.75) is 31.2 Å². The normalized spacial score (nSPS) is 22.1. The van der Waals surface area contributed by atoms with E-state index in [1.165, 1.54) is 30.1 Å². The van der Waals surface area contributed by atoms with Gasteiger partial charge in [0.05, 0.1) is 5.56 Å². The lowest BCUT2D eigenvalue weighted by Gasteiger charge is -2.32. The predicted molar refractivity (Wildman–Crippen MR) is 102 cm³/mol. The lowest BCUT2D eigenvalue weighted by Crippen LogP contribution is -2.38. The molecule has 1 saturated heterocycles. The van der Waals surface area contributed by atoms with Crippen LogP contribution in [0.1, 0.15) is 41.1 Å². The first kappa shape index (κ1) is 18.8. The summed E-state index contributed by atoms with van der Waals surface area (Å²) in [6, 6.07) is 7.33. The number of hydrogen-bond donors (Lipinski definition) is 3. The van der Waals surface area contributed by atoms with Gasteiger partial charge >= 0.3 is 0 Å². The van der Waals surface area contributed by atoms with Gasteiger partial charge in [-0.3, -0.25) is 10.0 Å². The number of carbonyl (C=O) groups is 1. The van der Waals surface area contributed by atoms with Crippen LogP contribution in [0.2, 0.25) is 0 Å². The molecule has 2 heterocycles. The highest BCUT2D eigenvalue weighted by Gasteiger charge is 2.38. The molecule has 3 N–H and O–H groups in total. The van der Waals surface area contributed by atoms with Gasteiger partial charge in [-0.1, -0.05) is 12.1 Å². The number of nitrogens with one attached hydrogen (secondary N) is 2. The molecule has 1 amide bonds. The molecule has 8 heteroatoms. The molecule has 2 aromatic rings. The Labute approximate surface area is 163 Å². The molecule has 2 fully saturated rings. The number of benzene rings is 1. The third-order valence-corrected chi connectivity index (χ3v) is 5.66. The summed E-state index contributed by atoms with van der Waals surface area (Å²) in [5.41, 5.74) is 3.01. The van der Waals surface area contributed by atoms with Crippen LogP contribution in [0.15, 0.2) is 36.7 Å². The molecule has 1 aromatic carbocycles. The summed E-state index contributed by atoms with van der Waals surface area (Å²) in [5, 5.41) is 12.3. The molecule has 1 aliphatic carbocycles. The summed E-state index contributed by atoms with van der Waals surface area (Å²) in [5.74, 6) is 0.930. The van der Waals surface area contributed by atoms with E-state index in [2.05, 4.69) is 20.2 Å².